The van der Waals surface area contributed by atoms with Gasteiger partial charge in [0.15, 0.2) is 0 Å². The van der Waals surface area contributed by atoms with Gasteiger partial charge in [-0.3, -0.25) is 4.79 Å². The summed E-state index contributed by atoms with van der Waals surface area (Å²) in [7, 11) is 1.19. The molecule has 0 aliphatic heterocycles. The molecule has 0 fully saturated rings. The SMILES string of the molecule is COC(=O)c1cc(N)c(C)cc1F.Cc1cc(F)c(C(N)=O)cc1N. The van der Waals surface area contributed by atoms with Gasteiger partial charge in [-0.1, -0.05) is 0 Å². The number of primary amides is 1. The van der Waals surface area contributed by atoms with Crippen LogP contribution in [0.1, 0.15) is 31.8 Å². The van der Waals surface area contributed by atoms with Crippen molar-refractivity contribution in [2.75, 3.05) is 18.6 Å². The van der Waals surface area contributed by atoms with Crippen LogP contribution >= 0.6 is 0 Å². The quantitative estimate of drug-likeness (QED) is 0.566. The molecule has 25 heavy (non-hydrogen) atoms. The molecule has 0 atom stereocenters. The van der Waals surface area contributed by atoms with E-state index in [9.17, 15) is 18.4 Å². The molecule has 0 heterocycles. The first-order chi connectivity index (χ1) is 11.6. The monoisotopic (exact) mass is 351 g/mol. The van der Waals surface area contributed by atoms with Crippen LogP contribution in [0.5, 0.6) is 0 Å². The number of methoxy groups -OCH3 is 1. The predicted molar refractivity (Wildman–Crippen MR) is 91.0 cm³/mol. The summed E-state index contributed by atoms with van der Waals surface area (Å²) in [6.45, 7) is 3.32. The summed E-state index contributed by atoms with van der Waals surface area (Å²) in [4.78, 5) is 21.6. The standard InChI is InChI=1S/C9H10FNO2.C8H9FN2O/c1-5-3-7(10)6(4-8(5)11)9(12)13-2;1-4-2-6(9)5(8(11)12)3-7(4)10/h3-4H,11H2,1-2H3;2-3H,10H2,1H3,(H2,11,12). The molecule has 2 aromatic rings. The van der Waals surface area contributed by atoms with Gasteiger partial charge in [-0.15, -0.1) is 0 Å². The predicted octanol–water partition coefficient (Wildman–Crippen LogP) is 2.32. The van der Waals surface area contributed by atoms with Crippen molar-refractivity contribution in [2.45, 2.75) is 13.8 Å². The maximum Gasteiger partial charge on any atom is 0.340 e. The second kappa shape index (κ2) is 8.09. The van der Waals surface area contributed by atoms with E-state index in [1.165, 1.54) is 31.4 Å². The Bertz CT molecular complexity index is 823. The minimum Gasteiger partial charge on any atom is -0.465 e. The zero-order valence-corrected chi connectivity index (χ0v) is 14.0. The number of halogens is 2. The van der Waals surface area contributed by atoms with E-state index < -0.39 is 23.5 Å². The molecule has 0 bridgehead atoms. The molecule has 0 radical (unpaired) electrons. The normalized spacial score (nSPS) is 9.80. The van der Waals surface area contributed by atoms with E-state index in [0.717, 1.165) is 0 Å². The first-order valence-corrected chi connectivity index (χ1v) is 7.07. The average Bonchev–Trinajstić information content (AvgIpc) is 2.54. The fraction of sp³-hybridized carbons (Fsp3) is 0.176. The minimum absolute atomic E-state index is 0.134. The summed E-state index contributed by atoms with van der Waals surface area (Å²) < 4.78 is 30.4. The van der Waals surface area contributed by atoms with Crippen LogP contribution in [0.3, 0.4) is 0 Å². The number of aryl methyl sites for hydroxylation is 2. The maximum absolute atomic E-state index is 13.1. The van der Waals surface area contributed by atoms with Gasteiger partial charge in [0.05, 0.1) is 18.2 Å². The van der Waals surface area contributed by atoms with Gasteiger partial charge in [0.25, 0.3) is 5.91 Å². The lowest BCUT2D eigenvalue weighted by molar-refractivity contribution is 0.0595. The Labute approximate surface area is 143 Å². The highest BCUT2D eigenvalue weighted by Crippen LogP contribution is 2.18. The van der Waals surface area contributed by atoms with E-state index in [1.54, 1.807) is 13.8 Å². The molecule has 0 unspecified atom stereocenters. The van der Waals surface area contributed by atoms with Gasteiger partial charge in [0.2, 0.25) is 0 Å². The number of anilines is 2. The van der Waals surface area contributed by atoms with Crippen molar-refractivity contribution in [1.82, 2.24) is 0 Å². The third-order valence-corrected chi connectivity index (χ3v) is 3.38. The van der Waals surface area contributed by atoms with E-state index in [-0.39, 0.29) is 11.1 Å². The van der Waals surface area contributed by atoms with Crippen molar-refractivity contribution in [3.63, 3.8) is 0 Å². The zero-order chi connectivity index (χ0) is 19.3. The minimum atomic E-state index is -0.806. The average molecular weight is 351 g/mol. The van der Waals surface area contributed by atoms with Crippen molar-refractivity contribution >= 4 is 23.3 Å². The molecule has 0 saturated carbocycles. The molecule has 0 aromatic heterocycles. The zero-order valence-electron chi connectivity index (χ0n) is 14.0. The Hall–Kier alpha value is -3.16. The molecular weight excluding hydrogens is 332 g/mol. The number of benzene rings is 2. The number of carbonyl (C=O) groups excluding carboxylic acids is 2. The Morgan fingerprint density at radius 3 is 1.68 bits per heavy atom. The molecule has 1 amide bonds. The fourth-order valence-electron chi connectivity index (χ4n) is 1.83. The smallest absolute Gasteiger partial charge is 0.340 e. The van der Waals surface area contributed by atoms with Crippen LogP contribution in [0.2, 0.25) is 0 Å². The Morgan fingerprint density at radius 2 is 1.28 bits per heavy atom. The lowest BCUT2D eigenvalue weighted by Crippen LogP contribution is -2.13. The number of carbonyl (C=O) groups is 2. The number of esters is 1. The van der Waals surface area contributed by atoms with Crippen LogP contribution in [0.15, 0.2) is 24.3 Å². The van der Waals surface area contributed by atoms with E-state index in [2.05, 4.69) is 4.74 Å². The Kier molecular flexibility index (Phi) is 6.44. The molecule has 2 rings (SSSR count). The number of hydrogen-bond donors (Lipinski definition) is 3. The Morgan fingerprint density at radius 1 is 0.880 bits per heavy atom. The molecule has 0 aliphatic carbocycles. The van der Waals surface area contributed by atoms with Gasteiger partial charge in [-0.25, -0.2) is 13.6 Å². The van der Waals surface area contributed by atoms with Gasteiger partial charge < -0.3 is 21.9 Å². The fourth-order valence-corrected chi connectivity index (χ4v) is 1.83. The van der Waals surface area contributed by atoms with E-state index in [0.29, 0.717) is 22.5 Å². The highest BCUT2D eigenvalue weighted by molar-refractivity contribution is 5.94. The molecule has 6 nitrogen and oxygen atoms in total. The molecule has 6 N–H and O–H groups in total. The molecule has 0 aliphatic rings. The number of nitrogen functional groups attached to an aromatic ring is 2. The number of rotatable bonds is 2. The number of ether oxygens (including phenoxy) is 1. The third-order valence-electron chi connectivity index (χ3n) is 3.38. The van der Waals surface area contributed by atoms with Crippen molar-refractivity contribution in [2.24, 2.45) is 5.73 Å². The van der Waals surface area contributed by atoms with Crippen molar-refractivity contribution in [3.8, 4) is 0 Å². The summed E-state index contributed by atoms with van der Waals surface area (Å²) in [6.07, 6.45) is 0. The van der Waals surface area contributed by atoms with Crippen LogP contribution in [-0.4, -0.2) is 19.0 Å². The van der Waals surface area contributed by atoms with Crippen LogP contribution in [0.4, 0.5) is 20.2 Å². The summed E-state index contributed by atoms with van der Waals surface area (Å²) in [6, 6.07) is 4.92. The highest BCUT2D eigenvalue weighted by atomic mass is 19.1. The summed E-state index contributed by atoms with van der Waals surface area (Å²) in [5, 5.41) is 0. The molecule has 2 aromatic carbocycles. The van der Waals surface area contributed by atoms with E-state index in [4.69, 9.17) is 17.2 Å². The number of hydrogen-bond acceptors (Lipinski definition) is 5. The molecule has 8 heteroatoms. The molecular formula is C17H19F2N3O3. The second-order valence-electron chi connectivity index (χ2n) is 5.23. The summed E-state index contributed by atoms with van der Waals surface area (Å²) >= 11 is 0. The van der Waals surface area contributed by atoms with Crippen LogP contribution in [-0.2, 0) is 4.74 Å². The third kappa shape index (κ3) is 4.90. The first kappa shape index (κ1) is 19.9. The second-order valence-corrected chi connectivity index (χ2v) is 5.23. The summed E-state index contributed by atoms with van der Waals surface area (Å²) in [5.41, 5.74) is 17.5. The van der Waals surface area contributed by atoms with Crippen LogP contribution < -0.4 is 17.2 Å². The van der Waals surface area contributed by atoms with Gasteiger partial charge >= 0.3 is 5.97 Å². The van der Waals surface area contributed by atoms with Crippen LogP contribution in [0.25, 0.3) is 0 Å². The van der Waals surface area contributed by atoms with E-state index >= 15 is 0 Å². The van der Waals surface area contributed by atoms with Crippen molar-refractivity contribution in [1.29, 1.82) is 0 Å². The number of nitrogens with two attached hydrogens (primary N) is 3. The van der Waals surface area contributed by atoms with Crippen LogP contribution in [0, 0.1) is 25.5 Å². The lowest BCUT2D eigenvalue weighted by atomic mass is 10.1. The molecule has 0 saturated heterocycles. The van der Waals surface area contributed by atoms with Gasteiger partial charge in [0, 0.05) is 11.4 Å². The molecule has 134 valence electrons. The topological polar surface area (TPSA) is 121 Å². The lowest BCUT2D eigenvalue weighted by Gasteiger charge is -2.04. The maximum atomic E-state index is 13.1. The van der Waals surface area contributed by atoms with Crippen molar-refractivity contribution < 1.29 is 23.1 Å². The van der Waals surface area contributed by atoms with Crippen molar-refractivity contribution in [3.05, 3.63) is 58.2 Å². The number of amides is 1. The summed E-state index contributed by atoms with van der Waals surface area (Å²) in [5.74, 6) is -2.77. The highest BCUT2D eigenvalue weighted by Gasteiger charge is 2.13. The Balaban J connectivity index is 0.000000251. The first-order valence-electron chi connectivity index (χ1n) is 7.07. The largest absolute Gasteiger partial charge is 0.465 e. The van der Waals surface area contributed by atoms with Gasteiger partial charge in [0.1, 0.15) is 11.6 Å². The van der Waals surface area contributed by atoms with Gasteiger partial charge in [-0.2, -0.15) is 0 Å². The van der Waals surface area contributed by atoms with E-state index in [1.807, 2.05) is 0 Å². The molecule has 0 spiro atoms. The van der Waals surface area contributed by atoms with Gasteiger partial charge in [-0.05, 0) is 49.2 Å².